The number of thiophene rings is 1. The topological polar surface area (TPSA) is 46.5 Å². The second-order valence-electron chi connectivity index (χ2n) is 4.01. The molecule has 0 radical (unpaired) electrons. The van der Waals surface area contributed by atoms with Gasteiger partial charge < -0.3 is 9.84 Å². The maximum absolute atomic E-state index is 11.7. The average molecular weight is 234 g/mol. The van der Waals surface area contributed by atoms with Gasteiger partial charge >= 0.3 is 5.97 Å². The van der Waals surface area contributed by atoms with Crippen molar-refractivity contribution >= 4 is 27.4 Å². The van der Waals surface area contributed by atoms with Crippen LogP contribution < -0.4 is 0 Å². The summed E-state index contributed by atoms with van der Waals surface area (Å²) in [5.74, 6) is -0.00543. The first-order valence-corrected chi connectivity index (χ1v) is 5.92. The molecule has 0 saturated heterocycles. The summed E-state index contributed by atoms with van der Waals surface area (Å²) in [4.78, 5) is 12.4. The molecule has 1 aliphatic rings. The molecule has 1 atom stereocenters. The molecule has 82 valence electrons. The highest BCUT2D eigenvalue weighted by Gasteiger charge is 2.27. The van der Waals surface area contributed by atoms with Crippen LogP contribution in [0.4, 0.5) is 0 Å². The third kappa shape index (κ3) is 1.30. The van der Waals surface area contributed by atoms with Crippen LogP contribution >= 0.6 is 11.3 Å². The van der Waals surface area contributed by atoms with Crippen LogP contribution in [0.5, 0.6) is 5.75 Å². The van der Waals surface area contributed by atoms with E-state index in [1.165, 1.54) is 11.3 Å². The number of carbonyl (C=O) groups excluding carboxylic acids is 1. The van der Waals surface area contributed by atoms with Gasteiger partial charge in [-0.05, 0) is 30.7 Å². The molecule has 1 N–H and O–H groups in total. The zero-order valence-electron chi connectivity index (χ0n) is 8.69. The lowest BCUT2D eigenvalue weighted by Gasteiger charge is -2.18. The number of ether oxygens (including phenoxy) is 1. The molecule has 3 nitrogen and oxygen atoms in total. The number of hydrogen-bond acceptors (Lipinski definition) is 4. The lowest BCUT2D eigenvalue weighted by Crippen LogP contribution is -2.23. The Bertz CT molecular complexity index is 585. The van der Waals surface area contributed by atoms with Crippen LogP contribution in [0.2, 0.25) is 0 Å². The Hall–Kier alpha value is -1.55. The van der Waals surface area contributed by atoms with Crippen molar-refractivity contribution in [3.63, 3.8) is 0 Å². The van der Waals surface area contributed by atoms with Crippen molar-refractivity contribution in [3.8, 4) is 5.75 Å². The molecule has 0 bridgehead atoms. The standard InChI is InChI=1S/C12H10O3S/c1-6-4-9-8-5-7(13)2-3-10(8)16-11(9)12(14)15-6/h2-3,5-6,13H,4H2,1H3. The van der Waals surface area contributed by atoms with Crippen LogP contribution in [0, 0.1) is 0 Å². The van der Waals surface area contributed by atoms with Gasteiger partial charge in [0, 0.05) is 16.5 Å². The van der Waals surface area contributed by atoms with Crippen LogP contribution in [-0.2, 0) is 11.2 Å². The zero-order chi connectivity index (χ0) is 11.3. The first kappa shape index (κ1) is 9.66. The Balaban J connectivity index is 2.31. The fourth-order valence-electron chi connectivity index (χ4n) is 2.07. The first-order chi connectivity index (χ1) is 7.65. The second kappa shape index (κ2) is 3.22. The molecule has 0 fully saturated rings. The van der Waals surface area contributed by atoms with Crippen molar-refractivity contribution in [2.75, 3.05) is 0 Å². The lowest BCUT2D eigenvalue weighted by molar-refractivity contribution is 0.0311. The maximum Gasteiger partial charge on any atom is 0.348 e. The fourth-order valence-corrected chi connectivity index (χ4v) is 3.17. The highest BCUT2D eigenvalue weighted by atomic mass is 32.1. The Morgan fingerprint density at radius 1 is 1.50 bits per heavy atom. The average Bonchev–Trinajstić information content (AvgIpc) is 2.57. The number of fused-ring (bicyclic) bond motifs is 3. The quantitative estimate of drug-likeness (QED) is 0.713. The normalized spacial score (nSPS) is 19.6. The number of benzene rings is 1. The summed E-state index contributed by atoms with van der Waals surface area (Å²) in [5.41, 5.74) is 1.01. The molecular formula is C12H10O3S. The SMILES string of the molecule is CC1Cc2c(sc3ccc(O)cc23)C(=O)O1. The van der Waals surface area contributed by atoms with E-state index in [1.807, 2.05) is 13.0 Å². The van der Waals surface area contributed by atoms with E-state index in [0.717, 1.165) is 22.1 Å². The van der Waals surface area contributed by atoms with Gasteiger partial charge in [0.1, 0.15) is 16.7 Å². The summed E-state index contributed by atoms with van der Waals surface area (Å²) in [6, 6.07) is 5.20. The van der Waals surface area contributed by atoms with E-state index in [2.05, 4.69) is 0 Å². The number of cyclic esters (lactones) is 1. The largest absolute Gasteiger partial charge is 0.508 e. The summed E-state index contributed by atoms with van der Waals surface area (Å²) < 4.78 is 6.20. The molecule has 1 aromatic heterocycles. The molecule has 0 spiro atoms. The van der Waals surface area contributed by atoms with Gasteiger partial charge in [-0.3, -0.25) is 0 Å². The van der Waals surface area contributed by atoms with Gasteiger partial charge in [0.25, 0.3) is 0 Å². The lowest BCUT2D eigenvalue weighted by atomic mass is 10.0. The van der Waals surface area contributed by atoms with Gasteiger partial charge in [0.05, 0.1) is 0 Å². The molecule has 0 amide bonds. The van der Waals surface area contributed by atoms with Crippen LogP contribution in [0.3, 0.4) is 0 Å². The van der Waals surface area contributed by atoms with Crippen LogP contribution in [0.1, 0.15) is 22.2 Å². The number of carbonyl (C=O) groups is 1. The number of phenolic OH excluding ortho intramolecular Hbond substituents is 1. The number of esters is 1. The molecule has 1 unspecified atom stereocenters. The van der Waals surface area contributed by atoms with E-state index < -0.39 is 0 Å². The summed E-state index contributed by atoms with van der Waals surface area (Å²) in [6.45, 7) is 1.88. The molecule has 1 aromatic carbocycles. The van der Waals surface area contributed by atoms with Gasteiger partial charge in [-0.1, -0.05) is 0 Å². The monoisotopic (exact) mass is 234 g/mol. The molecule has 4 heteroatoms. The molecule has 1 aliphatic heterocycles. The van der Waals surface area contributed by atoms with Crippen molar-refractivity contribution in [1.29, 1.82) is 0 Å². The number of rotatable bonds is 0. The molecule has 2 heterocycles. The molecule has 2 aromatic rings. The van der Waals surface area contributed by atoms with E-state index >= 15 is 0 Å². The Kier molecular flexibility index (Phi) is 1.94. The highest BCUT2D eigenvalue weighted by molar-refractivity contribution is 7.21. The zero-order valence-corrected chi connectivity index (χ0v) is 9.50. The van der Waals surface area contributed by atoms with Gasteiger partial charge in [-0.15, -0.1) is 11.3 Å². The minimum atomic E-state index is -0.241. The molecule has 0 saturated carbocycles. The van der Waals surface area contributed by atoms with E-state index in [-0.39, 0.29) is 17.8 Å². The smallest absolute Gasteiger partial charge is 0.348 e. The van der Waals surface area contributed by atoms with Crippen LogP contribution in [0.15, 0.2) is 18.2 Å². The molecule has 16 heavy (non-hydrogen) atoms. The van der Waals surface area contributed by atoms with Crippen molar-refractivity contribution in [2.24, 2.45) is 0 Å². The Labute approximate surface area is 96.3 Å². The fraction of sp³-hybridized carbons (Fsp3) is 0.250. The number of hydrogen-bond donors (Lipinski definition) is 1. The van der Waals surface area contributed by atoms with Crippen molar-refractivity contribution in [1.82, 2.24) is 0 Å². The van der Waals surface area contributed by atoms with Crippen molar-refractivity contribution in [2.45, 2.75) is 19.4 Å². The molecular weight excluding hydrogens is 224 g/mol. The van der Waals surface area contributed by atoms with E-state index in [4.69, 9.17) is 4.74 Å². The summed E-state index contributed by atoms with van der Waals surface area (Å²) in [5, 5.41) is 10.4. The minimum absolute atomic E-state index is 0.0832. The van der Waals surface area contributed by atoms with E-state index in [1.54, 1.807) is 12.1 Å². The maximum atomic E-state index is 11.7. The number of aromatic hydroxyl groups is 1. The van der Waals surface area contributed by atoms with Gasteiger partial charge in [0.15, 0.2) is 0 Å². The van der Waals surface area contributed by atoms with E-state index in [0.29, 0.717) is 4.88 Å². The summed E-state index contributed by atoms with van der Waals surface area (Å²) in [6.07, 6.45) is 0.644. The van der Waals surface area contributed by atoms with E-state index in [9.17, 15) is 9.90 Å². The van der Waals surface area contributed by atoms with Crippen LogP contribution in [0.25, 0.3) is 10.1 Å². The Morgan fingerprint density at radius 3 is 3.12 bits per heavy atom. The second-order valence-corrected chi connectivity index (χ2v) is 5.06. The minimum Gasteiger partial charge on any atom is -0.508 e. The van der Waals surface area contributed by atoms with Crippen molar-refractivity contribution < 1.29 is 14.6 Å². The van der Waals surface area contributed by atoms with Crippen molar-refractivity contribution in [3.05, 3.63) is 28.6 Å². The van der Waals surface area contributed by atoms with Crippen LogP contribution in [-0.4, -0.2) is 17.2 Å². The predicted molar refractivity (Wildman–Crippen MR) is 62.1 cm³/mol. The van der Waals surface area contributed by atoms with Gasteiger partial charge in [0.2, 0.25) is 0 Å². The van der Waals surface area contributed by atoms with Gasteiger partial charge in [-0.25, -0.2) is 4.79 Å². The summed E-state index contributed by atoms with van der Waals surface area (Å²) in [7, 11) is 0. The highest BCUT2D eigenvalue weighted by Crippen LogP contribution is 2.37. The molecule has 0 aliphatic carbocycles. The first-order valence-electron chi connectivity index (χ1n) is 5.10. The third-order valence-electron chi connectivity index (χ3n) is 2.76. The molecule has 3 rings (SSSR count). The predicted octanol–water partition coefficient (Wildman–Crippen LogP) is 2.71. The third-order valence-corrected chi connectivity index (χ3v) is 3.95. The summed E-state index contributed by atoms with van der Waals surface area (Å²) >= 11 is 1.43. The van der Waals surface area contributed by atoms with Gasteiger partial charge in [-0.2, -0.15) is 0 Å². The number of phenols is 1. The Morgan fingerprint density at radius 2 is 2.31 bits per heavy atom.